The van der Waals surface area contributed by atoms with Gasteiger partial charge in [0.05, 0.1) is 18.6 Å². The second-order valence-electron chi connectivity index (χ2n) is 5.06. The van der Waals surface area contributed by atoms with Crippen molar-refractivity contribution in [2.24, 2.45) is 5.41 Å². The number of nitrogens with zero attached hydrogens (tertiary/aromatic N) is 2. The Morgan fingerprint density at radius 2 is 2.00 bits per heavy atom. The van der Waals surface area contributed by atoms with Crippen molar-refractivity contribution in [3.63, 3.8) is 0 Å². The van der Waals surface area contributed by atoms with Crippen LogP contribution in [0, 0.1) is 5.41 Å². The van der Waals surface area contributed by atoms with Gasteiger partial charge >= 0.3 is 6.18 Å². The SMILES string of the molecule is O=C(c1cccc(C(F)(F)F)n1)N1CC2(COC2)C1. The summed E-state index contributed by atoms with van der Waals surface area (Å²) in [4.78, 5) is 16.9. The summed E-state index contributed by atoms with van der Waals surface area (Å²) in [6.45, 7) is 2.30. The van der Waals surface area contributed by atoms with E-state index in [1.54, 1.807) is 0 Å². The lowest BCUT2D eigenvalue weighted by Gasteiger charge is -2.54. The fraction of sp³-hybridized carbons (Fsp3) is 0.500. The molecule has 0 aliphatic carbocycles. The van der Waals surface area contributed by atoms with Crippen LogP contribution in [0.5, 0.6) is 0 Å². The second-order valence-corrected chi connectivity index (χ2v) is 5.06. The highest BCUT2D eigenvalue weighted by molar-refractivity contribution is 5.93. The first-order valence-corrected chi connectivity index (χ1v) is 5.81. The molecular formula is C12H11F3N2O2. The Kier molecular flexibility index (Phi) is 2.57. The van der Waals surface area contributed by atoms with Crippen LogP contribution >= 0.6 is 0 Å². The van der Waals surface area contributed by atoms with Crippen LogP contribution in [0.2, 0.25) is 0 Å². The lowest BCUT2D eigenvalue weighted by molar-refractivity contribution is -0.176. The second kappa shape index (κ2) is 3.93. The van der Waals surface area contributed by atoms with Gasteiger partial charge in [-0.3, -0.25) is 4.79 Å². The summed E-state index contributed by atoms with van der Waals surface area (Å²) >= 11 is 0. The fourth-order valence-corrected chi connectivity index (χ4v) is 2.35. The van der Waals surface area contributed by atoms with E-state index in [1.165, 1.54) is 17.0 Å². The molecule has 2 aliphatic heterocycles. The summed E-state index contributed by atoms with van der Waals surface area (Å²) in [5.74, 6) is -0.455. The highest BCUT2D eigenvalue weighted by Crippen LogP contribution is 2.38. The topological polar surface area (TPSA) is 42.4 Å². The molecule has 0 aromatic carbocycles. The Bertz CT molecular complexity index is 518. The van der Waals surface area contributed by atoms with E-state index in [-0.39, 0.29) is 11.1 Å². The lowest BCUT2D eigenvalue weighted by atomic mass is 9.78. The molecule has 1 aromatic rings. The first-order valence-electron chi connectivity index (χ1n) is 5.81. The van der Waals surface area contributed by atoms with E-state index in [1.807, 2.05) is 0 Å². The van der Waals surface area contributed by atoms with Crippen LogP contribution in [0.25, 0.3) is 0 Å². The molecular weight excluding hydrogens is 261 g/mol. The average molecular weight is 272 g/mol. The van der Waals surface area contributed by atoms with Gasteiger partial charge in [-0.25, -0.2) is 4.98 Å². The molecule has 2 fully saturated rings. The maximum absolute atomic E-state index is 12.5. The smallest absolute Gasteiger partial charge is 0.380 e. The first-order chi connectivity index (χ1) is 8.90. The molecule has 0 N–H and O–H groups in total. The molecule has 0 radical (unpaired) electrons. The molecule has 3 rings (SSSR count). The van der Waals surface area contributed by atoms with Crippen molar-refractivity contribution in [1.82, 2.24) is 9.88 Å². The van der Waals surface area contributed by atoms with E-state index in [9.17, 15) is 18.0 Å². The number of rotatable bonds is 1. The van der Waals surface area contributed by atoms with E-state index < -0.39 is 17.8 Å². The Labute approximate surface area is 107 Å². The zero-order valence-electron chi connectivity index (χ0n) is 9.91. The van der Waals surface area contributed by atoms with Gasteiger partial charge in [-0.2, -0.15) is 13.2 Å². The normalized spacial score (nSPS) is 20.9. The van der Waals surface area contributed by atoms with Crippen LogP contribution in [0.15, 0.2) is 18.2 Å². The summed E-state index contributed by atoms with van der Waals surface area (Å²) in [6.07, 6.45) is -4.53. The number of carbonyl (C=O) groups is 1. The molecule has 2 aliphatic rings. The highest BCUT2D eigenvalue weighted by atomic mass is 19.4. The molecule has 0 unspecified atom stereocenters. The van der Waals surface area contributed by atoms with Crippen molar-refractivity contribution >= 4 is 5.91 Å². The number of alkyl halides is 3. The molecule has 1 aromatic heterocycles. The highest BCUT2D eigenvalue weighted by Gasteiger charge is 2.51. The predicted molar refractivity (Wildman–Crippen MR) is 58.4 cm³/mol. The number of likely N-dealkylation sites (tertiary alicyclic amines) is 1. The molecule has 0 bridgehead atoms. The van der Waals surface area contributed by atoms with Gasteiger partial charge < -0.3 is 9.64 Å². The van der Waals surface area contributed by atoms with Crippen molar-refractivity contribution in [3.8, 4) is 0 Å². The number of carbonyl (C=O) groups excluding carboxylic acids is 1. The van der Waals surface area contributed by atoms with E-state index in [4.69, 9.17) is 4.74 Å². The molecule has 4 nitrogen and oxygen atoms in total. The molecule has 19 heavy (non-hydrogen) atoms. The van der Waals surface area contributed by atoms with E-state index in [0.717, 1.165) is 6.07 Å². The summed E-state index contributed by atoms with van der Waals surface area (Å²) in [5, 5.41) is 0. The van der Waals surface area contributed by atoms with Crippen LogP contribution in [0.4, 0.5) is 13.2 Å². The standard InChI is InChI=1S/C12H11F3N2O2/c13-12(14,15)9-3-1-2-8(16-9)10(18)17-4-11(5-17)6-19-7-11/h1-3H,4-7H2. The van der Waals surface area contributed by atoms with E-state index in [2.05, 4.69) is 4.98 Å². The molecule has 0 saturated carbocycles. The summed E-state index contributed by atoms with van der Waals surface area (Å²) in [6, 6.07) is 3.36. The van der Waals surface area contributed by atoms with Gasteiger partial charge in [-0.1, -0.05) is 6.07 Å². The van der Waals surface area contributed by atoms with Crippen LogP contribution in [0.3, 0.4) is 0 Å². The van der Waals surface area contributed by atoms with E-state index in [0.29, 0.717) is 26.3 Å². The van der Waals surface area contributed by atoms with Gasteiger partial charge in [0.25, 0.3) is 5.91 Å². The van der Waals surface area contributed by atoms with Crippen molar-refractivity contribution in [1.29, 1.82) is 0 Å². The monoisotopic (exact) mass is 272 g/mol. The molecule has 2 saturated heterocycles. The lowest BCUT2D eigenvalue weighted by Crippen LogP contribution is -2.67. The van der Waals surface area contributed by atoms with Crippen molar-refractivity contribution in [2.75, 3.05) is 26.3 Å². The minimum atomic E-state index is -4.53. The summed E-state index contributed by atoms with van der Waals surface area (Å²) in [5.41, 5.74) is -1.16. The van der Waals surface area contributed by atoms with Gasteiger partial charge in [-0.05, 0) is 12.1 Å². The molecule has 7 heteroatoms. The van der Waals surface area contributed by atoms with Gasteiger partial charge in [-0.15, -0.1) is 0 Å². The van der Waals surface area contributed by atoms with Crippen LogP contribution in [0.1, 0.15) is 16.2 Å². The van der Waals surface area contributed by atoms with Gasteiger partial charge in [0, 0.05) is 13.1 Å². The molecule has 0 atom stereocenters. The van der Waals surface area contributed by atoms with Gasteiger partial charge in [0.15, 0.2) is 0 Å². The van der Waals surface area contributed by atoms with Crippen molar-refractivity contribution < 1.29 is 22.7 Å². The zero-order chi connectivity index (χ0) is 13.7. The van der Waals surface area contributed by atoms with Crippen LogP contribution < -0.4 is 0 Å². The summed E-state index contributed by atoms with van der Waals surface area (Å²) < 4.78 is 42.6. The zero-order valence-corrected chi connectivity index (χ0v) is 9.91. The van der Waals surface area contributed by atoms with Crippen molar-refractivity contribution in [3.05, 3.63) is 29.6 Å². The Hall–Kier alpha value is -1.63. The minimum Gasteiger partial charge on any atom is -0.380 e. The number of halogens is 3. The van der Waals surface area contributed by atoms with E-state index >= 15 is 0 Å². The number of hydrogen-bond acceptors (Lipinski definition) is 3. The predicted octanol–water partition coefficient (Wildman–Crippen LogP) is 1.57. The average Bonchev–Trinajstić information content (AvgIpc) is 2.24. The third kappa shape index (κ3) is 2.07. The summed E-state index contributed by atoms with van der Waals surface area (Å²) in [7, 11) is 0. The maximum Gasteiger partial charge on any atom is 0.433 e. The maximum atomic E-state index is 12.5. The number of pyridine rings is 1. The van der Waals surface area contributed by atoms with Gasteiger partial charge in [0.2, 0.25) is 0 Å². The Balaban J connectivity index is 1.74. The van der Waals surface area contributed by atoms with Crippen LogP contribution in [-0.2, 0) is 10.9 Å². The third-order valence-electron chi connectivity index (χ3n) is 3.41. The molecule has 1 spiro atoms. The number of hydrogen-bond donors (Lipinski definition) is 0. The molecule has 1 amide bonds. The molecule has 102 valence electrons. The Morgan fingerprint density at radius 3 is 2.53 bits per heavy atom. The number of ether oxygens (including phenoxy) is 1. The quantitative estimate of drug-likeness (QED) is 0.779. The fourth-order valence-electron chi connectivity index (χ4n) is 2.35. The molecule has 3 heterocycles. The largest absolute Gasteiger partial charge is 0.433 e. The third-order valence-corrected chi connectivity index (χ3v) is 3.41. The van der Waals surface area contributed by atoms with Gasteiger partial charge in [0.1, 0.15) is 11.4 Å². The number of aromatic nitrogens is 1. The number of amides is 1. The van der Waals surface area contributed by atoms with Crippen LogP contribution in [-0.4, -0.2) is 42.1 Å². The Morgan fingerprint density at radius 1 is 1.32 bits per heavy atom. The first kappa shape index (κ1) is 12.4. The minimum absolute atomic E-state index is 0.0390. The van der Waals surface area contributed by atoms with Crippen molar-refractivity contribution in [2.45, 2.75) is 6.18 Å².